The molecule has 3 heteroatoms. The van der Waals surface area contributed by atoms with Crippen molar-refractivity contribution in [2.45, 2.75) is 39.2 Å². The molecular formula is C16H27N3. The maximum Gasteiger partial charge on any atom is 0.0547 e. The second-order valence-electron chi connectivity index (χ2n) is 6.09. The fourth-order valence-electron chi connectivity index (χ4n) is 3.12. The lowest BCUT2D eigenvalue weighted by molar-refractivity contribution is 0.200. The Balaban J connectivity index is 1.77. The molecule has 0 spiro atoms. The summed E-state index contributed by atoms with van der Waals surface area (Å²) in [6, 6.07) is 6.27. The topological polar surface area (TPSA) is 42.1 Å². The van der Waals surface area contributed by atoms with Crippen molar-refractivity contribution in [3.05, 3.63) is 29.6 Å². The molecule has 0 aromatic carbocycles. The predicted molar refractivity (Wildman–Crippen MR) is 79.8 cm³/mol. The number of aromatic nitrogens is 1. The number of pyridine rings is 1. The average molecular weight is 261 g/mol. The summed E-state index contributed by atoms with van der Waals surface area (Å²) in [6.07, 6.45) is 5.32. The van der Waals surface area contributed by atoms with E-state index >= 15 is 0 Å². The van der Waals surface area contributed by atoms with E-state index in [2.05, 4.69) is 42.1 Å². The Morgan fingerprint density at radius 3 is 2.53 bits per heavy atom. The van der Waals surface area contributed by atoms with Gasteiger partial charge in [0.25, 0.3) is 0 Å². The van der Waals surface area contributed by atoms with Crippen molar-refractivity contribution in [1.29, 1.82) is 0 Å². The zero-order valence-electron chi connectivity index (χ0n) is 12.3. The first-order valence-corrected chi connectivity index (χ1v) is 7.48. The minimum absolute atomic E-state index is 0.778. The summed E-state index contributed by atoms with van der Waals surface area (Å²) in [6.45, 7) is 5.07. The molecule has 0 bridgehead atoms. The van der Waals surface area contributed by atoms with E-state index in [4.69, 9.17) is 5.73 Å². The van der Waals surface area contributed by atoms with Crippen LogP contribution in [0.5, 0.6) is 0 Å². The molecule has 1 fully saturated rings. The van der Waals surface area contributed by atoms with Crippen LogP contribution in [0.4, 0.5) is 0 Å². The van der Waals surface area contributed by atoms with E-state index in [0.29, 0.717) is 0 Å². The largest absolute Gasteiger partial charge is 0.330 e. The molecule has 1 saturated carbocycles. The summed E-state index contributed by atoms with van der Waals surface area (Å²) in [5.74, 6) is 1.62. The fourth-order valence-corrected chi connectivity index (χ4v) is 3.12. The van der Waals surface area contributed by atoms with Crippen molar-refractivity contribution in [1.82, 2.24) is 9.88 Å². The Morgan fingerprint density at radius 2 is 1.89 bits per heavy atom. The minimum Gasteiger partial charge on any atom is -0.330 e. The maximum atomic E-state index is 5.75. The van der Waals surface area contributed by atoms with Gasteiger partial charge in [0.15, 0.2) is 0 Å². The van der Waals surface area contributed by atoms with Crippen molar-refractivity contribution in [3.63, 3.8) is 0 Å². The third-order valence-electron chi connectivity index (χ3n) is 4.25. The number of hydrogen-bond donors (Lipinski definition) is 1. The van der Waals surface area contributed by atoms with Gasteiger partial charge in [-0.1, -0.05) is 6.07 Å². The molecule has 1 aromatic heterocycles. The number of rotatable bonds is 5. The van der Waals surface area contributed by atoms with Gasteiger partial charge in [0.05, 0.1) is 5.69 Å². The van der Waals surface area contributed by atoms with Gasteiger partial charge in [-0.05, 0) is 70.2 Å². The predicted octanol–water partition coefficient (Wildman–Crippen LogP) is 2.59. The highest BCUT2D eigenvalue weighted by atomic mass is 15.1. The van der Waals surface area contributed by atoms with Crippen molar-refractivity contribution in [2.75, 3.05) is 20.1 Å². The normalized spacial score (nSPS) is 23.8. The highest BCUT2D eigenvalue weighted by molar-refractivity contribution is 5.09. The van der Waals surface area contributed by atoms with Crippen LogP contribution in [0.1, 0.15) is 37.1 Å². The zero-order chi connectivity index (χ0) is 13.7. The van der Waals surface area contributed by atoms with Gasteiger partial charge in [0, 0.05) is 18.8 Å². The molecule has 0 saturated heterocycles. The molecule has 0 unspecified atom stereocenters. The third kappa shape index (κ3) is 4.59. The second-order valence-corrected chi connectivity index (χ2v) is 6.09. The molecule has 0 radical (unpaired) electrons. The standard InChI is InChI=1S/C16H27N3/c1-13-4-3-5-16(18-13)12-19(2)11-15-8-6-14(10-17)7-9-15/h3-5,14-15H,6-12,17H2,1-2H3. The van der Waals surface area contributed by atoms with Crippen LogP contribution < -0.4 is 5.73 Å². The summed E-state index contributed by atoms with van der Waals surface area (Å²) in [5, 5.41) is 0. The van der Waals surface area contributed by atoms with E-state index < -0.39 is 0 Å². The molecule has 2 rings (SSSR count). The van der Waals surface area contributed by atoms with Crippen LogP contribution in [0.15, 0.2) is 18.2 Å². The van der Waals surface area contributed by atoms with Crippen molar-refractivity contribution >= 4 is 0 Å². The van der Waals surface area contributed by atoms with Gasteiger partial charge in [-0.25, -0.2) is 0 Å². The average Bonchev–Trinajstić information content (AvgIpc) is 2.39. The molecule has 3 nitrogen and oxygen atoms in total. The van der Waals surface area contributed by atoms with Crippen molar-refractivity contribution < 1.29 is 0 Å². The molecule has 1 aromatic rings. The van der Waals surface area contributed by atoms with Crippen LogP contribution in [0.2, 0.25) is 0 Å². The molecule has 1 heterocycles. The number of nitrogens with zero attached hydrogens (tertiary/aromatic N) is 2. The lowest BCUT2D eigenvalue weighted by Crippen LogP contribution is -2.30. The molecule has 0 atom stereocenters. The second kappa shape index (κ2) is 7.01. The van der Waals surface area contributed by atoms with Crippen LogP contribution in [0.25, 0.3) is 0 Å². The fraction of sp³-hybridized carbons (Fsp3) is 0.688. The first-order chi connectivity index (χ1) is 9.17. The van der Waals surface area contributed by atoms with Gasteiger partial charge in [-0.3, -0.25) is 4.98 Å². The van der Waals surface area contributed by atoms with Crippen LogP contribution in [0.3, 0.4) is 0 Å². The lowest BCUT2D eigenvalue weighted by atomic mass is 9.82. The Labute approximate surface area is 117 Å². The SMILES string of the molecule is Cc1cccc(CN(C)CC2CCC(CN)CC2)n1. The van der Waals surface area contributed by atoms with Gasteiger partial charge in [-0.15, -0.1) is 0 Å². The molecule has 0 amide bonds. The Bertz CT molecular complexity index is 383. The highest BCUT2D eigenvalue weighted by Gasteiger charge is 2.21. The van der Waals surface area contributed by atoms with Gasteiger partial charge in [-0.2, -0.15) is 0 Å². The van der Waals surface area contributed by atoms with Crippen LogP contribution in [-0.4, -0.2) is 30.0 Å². The first kappa shape index (κ1) is 14.5. The molecule has 1 aliphatic rings. The van der Waals surface area contributed by atoms with E-state index in [9.17, 15) is 0 Å². The van der Waals surface area contributed by atoms with Gasteiger partial charge < -0.3 is 10.6 Å². The summed E-state index contributed by atoms with van der Waals surface area (Å²) in [5.41, 5.74) is 8.03. The van der Waals surface area contributed by atoms with Gasteiger partial charge in [0.2, 0.25) is 0 Å². The van der Waals surface area contributed by atoms with E-state index in [1.54, 1.807) is 0 Å². The third-order valence-corrected chi connectivity index (χ3v) is 4.25. The molecule has 106 valence electrons. The van der Waals surface area contributed by atoms with Crippen molar-refractivity contribution in [2.24, 2.45) is 17.6 Å². The number of nitrogens with two attached hydrogens (primary N) is 1. The van der Waals surface area contributed by atoms with E-state index in [-0.39, 0.29) is 0 Å². The highest BCUT2D eigenvalue weighted by Crippen LogP contribution is 2.28. The monoisotopic (exact) mass is 261 g/mol. The number of hydrogen-bond acceptors (Lipinski definition) is 3. The number of aryl methyl sites for hydroxylation is 1. The van der Waals surface area contributed by atoms with Crippen LogP contribution >= 0.6 is 0 Å². The molecule has 0 aliphatic heterocycles. The summed E-state index contributed by atoms with van der Waals surface area (Å²) < 4.78 is 0. The van der Waals surface area contributed by atoms with Crippen molar-refractivity contribution in [3.8, 4) is 0 Å². The van der Waals surface area contributed by atoms with Gasteiger partial charge in [0.1, 0.15) is 0 Å². The van der Waals surface area contributed by atoms with E-state index in [0.717, 1.165) is 30.6 Å². The molecular weight excluding hydrogens is 234 g/mol. The van der Waals surface area contributed by atoms with Crippen LogP contribution in [0, 0.1) is 18.8 Å². The molecule has 19 heavy (non-hydrogen) atoms. The zero-order valence-corrected chi connectivity index (χ0v) is 12.3. The smallest absolute Gasteiger partial charge is 0.0547 e. The minimum atomic E-state index is 0.778. The quantitative estimate of drug-likeness (QED) is 0.886. The summed E-state index contributed by atoms with van der Waals surface area (Å²) in [7, 11) is 2.21. The Kier molecular flexibility index (Phi) is 5.34. The Morgan fingerprint density at radius 1 is 1.21 bits per heavy atom. The lowest BCUT2D eigenvalue weighted by Gasteiger charge is -2.30. The summed E-state index contributed by atoms with van der Waals surface area (Å²) >= 11 is 0. The van der Waals surface area contributed by atoms with E-state index in [1.165, 1.54) is 37.9 Å². The van der Waals surface area contributed by atoms with Crippen LogP contribution in [-0.2, 0) is 6.54 Å². The maximum absolute atomic E-state index is 5.75. The first-order valence-electron chi connectivity index (χ1n) is 7.48. The molecule has 1 aliphatic carbocycles. The molecule has 2 N–H and O–H groups in total. The Hall–Kier alpha value is -0.930. The van der Waals surface area contributed by atoms with E-state index in [1.807, 2.05) is 0 Å². The van der Waals surface area contributed by atoms with Gasteiger partial charge >= 0.3 is 0 Å². The summed E-state index contributed by atoms with van der Waals surface area (Å²) in [4.78, 5) is 6.99.